The van der Waals surface area contributed by atoms with Gasteiger partial charge in [-0.15, -0.1) is 0 Å². The van der Waals surface area contributed by atoms with Crippen LogP contribution in [0.15, 0.2) is 30.6 Å². The third-order valence-electron chi connectivity index (χ3n) is 5.09. The summed E-state index contributed by atoms with van der Waals surface area (Å²) in [5, 5.41) is 2.71. The van der Waals surface area contributed by atoms with Crippen molar-refractivity contribution in [3.63, 3.8) is 0 Å². The number of aromatic amines is 1. The molecule has 136 valence electrons. The highest BCUT2D eigenvalue weighted by atomic mass is 35.5. The number of likely N-dealkylation sites (N-methyl/N-ethyl adjacent to an activating group) is 1. The third kappa shape index (κ3) is 3.11. The van der Waals surface area contributed by atoms with Gasteiger partial charge in [0, 0.05) is 35.0 Å². The van der Waals surface area contributed by atoms with E-state index >= 15 is 0 Å². The Bertz CT molecular complexity index is 995. The van der Waals surface area contributed by atoms with E-state index in [-0.39, 0.29) is 17.4 Å². The van der Waals surface area contributed by atoms with E-state index in [2.05, 4.69) is 14.9 Å². The maximum absolute atomic E-state index is 13.0. The molecule has 3 aromatic rings. The zero-order valence-corrected chi connectivity index (χ0v) is 15.9. The first-order chi connectivity index (χ1) is 12.3. The van der Waals surface area contributed by atoms with Gasteiger partial charge in [0.25, 0.3) is 0 Å². The highest BCUT2D eigenvalue weighted by Gasteiger charge is 2.35. The van der Waals surface area contributed by atoms with Gasteiger partial charge in [0.15, 0.2) is 5.78 Å². The largest absolute Gasteiger partial charge is 0.372 e. The molecule has 0 aliphatic carbocycles. The van der Waals surface area contributed by atoms with Gasteiger partial charge < -0.3 is 9.72 Å². The van der Waals surface area contributed by atoms with E-state index < -0.39 is 0 Å². The van der Waals surface area contributed by atoms with Crippen molar-refractivity contribution in [3.05, 3.63) is 41.2 Å². The molecule has 1 fully saturated rings. The molecule has 1 aromatic carbocycles. The van der Waals surface area contributed by atoms with Gasteiger partial charge in [-0.2, -0.15) is 0 Å². The molecule has 3 heterocycles. The fraction of sp³-hybridized carbons (Fsp3) is 0.400. The summed E-state index contributed by atoms with van der Waals surface area (Å²) >= 11 is 6.34. The summed E-state index contributed by atoms with van der Waals surface area (Å²) in [6, 6.07) is 5.53. The first kappa shape index (κ1) is 17.5. The summed E-state index contributed by atoms with van der Waals surface area (Å²) in [5.74, 6) is 0.142. The van der Waals surface area contributed by atoms with Crippen molar-refractivity contribution >= 4 is 39.2 Å². The topological polar surface area (TPSA) is 58.2 Å². The average molecular weight is 372 g/mol. The number of aromatic nitrogens is 2. The molecule has 5 nitrogen and oxygen atoms in total. The molecule has 0 radical (unpaired) electrons. The Labute approximate surface area is 157 Å². The minimum atomic E-state index is -0.233. The lowest BCUT2D eigenvalue weighted by Gasteiger charge is -2.41. The molecule has 0 saturated carbocycles. The Morgan fingerprint density at radius 2 is 2.23 bits per heavy atom. The van der Waals surface area contributed by atoms with Crippen LogP contribution < -0.4 is 0 Å². The van der Waals surface area contributed by atoms with Gasteiger partial charge in [-0.25, -0.2) is 0 Å². The van der Waals surface area contributed by atoms with Crippen LogP contribution in [-0.4, -0.2) is 52.5 Å². The van der Waals surface area contributed by atoms with Crippen LogP contribution in [-0.2, 0) is 16.0 Å². The Kier molecular flexibility index (Phi) is 4.26. The zero-order valence-electron chi connectivity index (χ0n) is 15.2. The van der Waals surface area contributed by atoms with Crippen molar-refractivity contribution in [1.29, 1.82) is 0 Å². The second-order valence-electron chi connectivity index (χ2n) is 7.68. The van der Waals surface area contributed by atoms with Gasteiger partial charge >= 0.3 is 0 Å². The quantitative estimate of drug-likeness (QED) is 0.764. The van der Waals surface area contributed by atoms with Crippen LogP contribution in [0.3, 0.4) is 0 Å². The number of rotatable bonds is 3. The number of carbonyl (C=O) groups excluding carboxylic acids is 1. The number of hydrogen-bond acceptors (Lipinski definition) is 4. The number of carbonyl (C=O) groups is 1. The molecule has 1 N–H and O–H groups in total. The molecule has 1 unspecified atom stereocenters. The van der Waals surface area contributed by atoms with Gasteiger partial charge in [-0.05, 0) is 44.7 Å². The van der Waals surface area contributed by atoms with Crippen molar-refractivity contribution in [1.82, 2.24) is 14.9 Å². The molecule has 2 aromatic heterocycles. The molecule has 4 rings (SSSR count). The number of halogens is 1. The van der Waals surface area contributed by atoms with Crippen LogP contribution in [0.4, 0.5) is 0 Å². The van der Waals surface area contributed by atoms with Crippen molar-refractivity contribution < 1.29 is 9.53 Å². The van der Waals surface area contributed by atoms with Crippen molar-refractivity contribution in [2.75, 3.05) is 20.2 Å². The molecule has 0 bridgehead atoms. The number of benzene rings is 1. The third-order valence-corrected chi connectivity index (χ3v) is 5.30. The smallest absolute Gasteiger partial charge is 0.156 e. The van der Waals surface area contributed by atoms with Gasteiger partial charge in [-0.1, -0.05) is 11.6 Å². The van der Waals surface area contributed by atoms with Crippen LogP contribution in [0.25, 0.3) is 21.8 Å². The molecule has 1 saturated heterocycles. The molecule has 26 heavy (non-hydrogen) atoms. The number of hydrogen-bond donors (Lipinski definition) is 1. The standard InChI is InChI=1S/C20H22ClN3O2/c1-20(2)11-24(3)17(10-26-20)18(25)7-12-6-13(21)8-15-14-4-5-22-9-16(14)23-19(12)15/h4-6,8-9,17,23H,7,10-11H2,1-3H3. The summed E-state index contributed by atoms with van der Waals surface area (Å²) in [7, 11) is 1.98. The van der Waals surface area contributed by atoms with Crippen LogP contribution in [0.5, 0.6) is 0 Å². The lowest BCUT2D eigenvalue weighted by Crippen LogP contribution is -2.55. The minimum Gasteiger partial charge on any atom is -0.372 e. The van der Waals surface area contributed by atoms with E-state index in [4.69, 9.17) is 16.3 Å². The van der Waals surface area contributed by atoms with E-state index in [1.807, 2.05) is 39.1 Å². The van der Waals surface area contributed by atoms with Gasteiger partial charge in [0.05, 0.1) is 35.5 Å². The van der Waals surface area contributed by atoms with Crippen LogP contribution >= 0.6 is 11.6 Å². The number of H-pyrrole nitrogens is 1. The fourth-order valence-corrected chi connectivity index (χ4v) is 4.10. The van der Waals surface area contributed by atoms with Crippen molar-refractivity contribution in [3.8, 4) is 0 Å². The van der Waals surface area contributed by atoms with Crippen molar-refractivity contribution in [2.45, 2.75) is 31.9 Å². The Balaban J connectivity index is 1.68. The maximum Gasteiger partial charge on any atom is 0.156 e. The Morgan fingerprint density at radius 3 is 3.00 bits per heavy atom. The number of ketones is 1. The predicted molar refractivity (Wildman–Crippen MR) is 104 cm³/mol. The summed E-state index contributed by atoms with van der Waals surface area (Å²) in [6.45, 7) is 5.24. The number of ether oxygens (including phenoxy) is 1. The summed E-state index contributed by atoms with van der Waals surface area (Å²) in [5.41, 5.74) is 2.58. The summed E-state index contributed by atoms with van der Waals surface area (Å²) in [4.78, 5) is 22.6. The maximum atomic E-state index is 13.0. The average Bonchev–Trinajstić information content (AvgIpc) is 2.93. The predicted octanol–water partition coefficient (Wildman–Crippen LogP) is 3.59. The molecule has 6 heteroatoms. The first-order valence-electron chi connectivity index (χ1n) is 8.75. The van der Waals surface area contributed by atoms with Gasteiger partial charge in [-0.3, -0.25) is 14.7 Å². The number of nitrogens with one attached hydrogen (secondary N) is 1. The molecule has 1 aliphatic heterocycles. The summed E-state index contributed by atoms with van der Waals surface area (Å²) in [6.07, 6.45) is 3.87. The molecule has 1 aliphatic rings. The second kappa shape index (κ2) is 6.34. The minimum absolute atomic E-state index is 0.142. The number of Topliss-reactive ketones (excluding diaryl/α,β-unsaturated/α-hetero) is 1. The van der Waals surface area contributed by atoms with E-state index in [1.165, 1.54) is 0 Å². The lowest BCUT2D eigenvalue weighted by atomic mass is 9.97. The molecular formula is C20H22ClN3O2. The van der Waals surface area contributed by atoms with E-state index in [0.717, 1.165) is 33.9 Å². The Morgan fingerprint density at radius 1 is 1.42 bits per heavy atom. The first-order valence-corrected chi connectivity index (χ1v) is 9.12. The van der Waals surface area contributed by atoms with E-state index in [0.29, 0.717) is 18.1 Å². The molecule has 0 amide bonds. The second-order valence-corrected chi connectivity index (χ2v) is 8.11. The van der Waals surface area contributed by atoms with Crippen LogP contribution in [0.2, 0.25) is 5.02 Å². The van der Waals surface area contributed by atoms with Crippen LogP contribution in [0, 0.1) is 0 Å². The van der Waals surface area contributed by atoms with Crippen LogP contribution in [0.1, 0.15) is 19.4 Å². The molecule has 0 spiro atoms. The summed E-state index contributed by atoms with van der Waals surface area (Å²) < 4.78 is 5.86. The monoisotopic (exact) mass is 371 g/mol. The molecular weight excluding hydrogens is 350 g/mol. The zero-order chi connectivity index (χ0) is 18.5. The number of fused-ring (bicyclic) bond motifs is 3. The lowest BCUT2D eigenvalue weighted by molar-refractivity contribution is -0.142. The molecule has 1 atom stereocenters. The SMILES string of the molecule is CN1CC(C)(C)OCC1C(=O)Cc1cc(Cl)cc2c1[nH]c1cnccc12. The Hall–Kier alpha value is -1.95. The normalized spacial score (nSPS) is 20.7. The highest BCUT2D eigenvalue weighted by molar-refractivity contribution is 6.32. The number of nitrogens with zero attached hydrogens (tertiary/aromatic N) is 2. The van der Waals surface area contributed by atoms with Crippen molar-refractivity contribution in [2.24, 2.45) is 0 Å². The van der Waals surface area contributed by atoms with E-state index in [9.17, 15) is 4.79 Å². The number of pyridine rings is 1. The fourth-order valence-electron chi connectivity index (χ4n) is 3.86. The van der Waals surface area contributed by atoms with Gasteiger partial charge in [0.1, 0.15) is 0 Å². The number of morpholine rings is 1. The highest BCUT2D eigenvalue weighted by Crippen LogP contribution is 2.31. The van der Waals surface area contributed by atoms with E-state index in [1.54, 1.807) is 12.4 Å². The van der Waals surface area contributed by atoms with Gasteiger partial charge in [0.2, 0.25) is 0 Å².